The molecule has 1 heterocycles. The standard InChI is InChI=1S/C16H22N2O2/c1-18(14-9-11-17-12-10-14)15-6-4-3-5-13(15)7-8-16(19)20-2/h3-8,14,17H,9-12H2,1-2H3. The predicted molar refractivity (Wildman–Crippen MR) is 81.8 cm³/mol. The maximum atomic E-state index is 11.2. The molecule has 1 saturated heterocycles. The lowest BCUT2D eigenvalue weighted by Crippen LogP contribution is -2.41. The monoisotopic (exact) mass is 274 g/mol. The van der Waals surface area contributed by atoms with Gasteiger partial charge in [-0.2, -0.15) is 0 Å². The molecule has 20 heavy (non-hydrogen) atoms. The first kappa shape index (κ1) is 14.6. The van der Waals surface area contributed by atoms with E-state index in [4.69, 9.17) is 0 Å². The molecule has 1 aliphatic heterocycles. The van der Waals surface area contributed by atoms with Crippen molar-refractivity contribution in [1.82, 2.24) is 5.32 Å². The second-order valence-electron chi connectivity index (χ2n) is 5.01. The van der Waals surface area contributed by atoms with E-state index >= 15 is 0 Å². The average Bonchev–Trinajstić information content (AvgIpc) is 2.53. The first-order chi connectivity index (χ1) is 9.72. The number of hydrogen-bond acceptors (Lipinski definition) is 4. The van der Waals surface area contributed by atoms with Crippen LogP contribution in [0.2, 0.25) is 0 Å². The molecular formula is C16H22N2O2. The van der Waals surface area contributed by atoms with Crippen LogP contribution >= 0.6 is 0 Å². The van der Waals surface area contributed by atoms with Crippen molar-refractivity contribution in [3.8, 4) is 0 Å². The van der Waals surface area contributed by atoms with Gasteiger partial charge in [0.2, 0.25) is 0 Å². The molecule has 2 rings (SSSR count). The number of benzene rings is 1. The van der Waals surface area contributed by atoms with E-state index < -0.39 is 0 Å². The number of methoxy groups -OCH3 is 1. The largest absolute Gasteiger partial charge is 0.466 e. The minimum atomic E-state index is -0.329. The van der Waals surface area contributed by atoms with Gasteiger partial charge in [0.15, 0.2) is 0 Å². The van der Waals surface area contributed by atoms with E-state index in [0.29, 0.717) is 6.04 Å². The molecule has 0 radical (unpaired) electrons. The Bertz CT molecular complexity index is 479. The van der Waals surface area contributed by atoms with Crippen molar-refractivity contribution in [2.45, 2.75) is 18.9 Å². The van der Waals surface area contributed by atoms with Gasteiger partial charge in [0.1, 0.15) is 0 Å². The smallest absolute Gasteiger partial charge is 0.330 e. The lowest BCUT2D eigenvalue weighted by atomic mass is 10.0. The second-order valence-corrected chi connectivity index (χ2v) is 5.01. The molecule has 1 fully saturated rings. The van der Waals surface area contributed by atoms with Crippen LogP contribution in [-0.2, 0) is 9.53 Å². The molecule has 0 amide bonds. The van der Waals surface area contributed by atoms with Gasteiger partial charge < -0.3 is 15.0 Å². The Kier molecular flexibility index (Phi) is 5.18. The Morgan fingerprint density at radius 3 is 2.75 bits per heavy atom. The maximum absolute atomic E-state index is 11.2. The van der Waals surface area contributed by atoms with Gasteiger partial charge in [-0.3, -0.25) is 0 Å². The lowest BCUT2D eigenvalue weighted by molar-refractivity contribution is -0.134. The van der Waals surface area contributed by atoms with Gasteiger partial charge in [0, 0.05) is 24.9 Å². The van der Waals surface area contributed by atoms with Crippen LogP contribution in [0.1, 0.15) is 18.4 Å². The molecule has 0 aromatic heterocycles. The Labute approximate surface area is 120 Å². The average molecular weight is 274 g/mol. The SMILES string of the molecule is COC(=O)C=Cc1ccccc1N(C)C1CCNCC1. The molecule has 0 atom stereocenters. The van der Waals surface area contributed by atoms with Crippen molar-refractivity contribution in [3.05, 3.63) is 35.9 Å². The van der Waals surface area contributed by atoms with Gasteiger partial charge in [-0.1, -0.05) is 18.2 Å². The first-order valence-corrected chi connectivity index (χ1v) is 7.01. The quantitative estimate of drug-likeness (QED) is 0.674. The van der Waals surface area contributed by atoms with E-state index in [9.17, 15) is 4.79 Å². The number of para-hydroxylation sites is 1. The number of hydrogen-bond donors (Lipinski definition) is 1. The number of carbonyl (C=O) groups excluding carboxylic acids is 1. The number of esters is 1. The highest BCUT2D eigenvalue weighted by Crippen LogP contribution is 2.25. The molecule has 1 aromatic rings. The summed E-state index contributed by atoms with van der Waals surface area (Å²) < 4.78 is 4.64. The number of anilines is 1. The lowest BCUT2D eigenvalue weighted by Gasteiger charge is -2.34. The zero-order valence-electron chi connectivity index (χ0n) is 12.1. The Balaban J connectivity index is 2.18. The fourth-order valence-corrected chi connectivity index (χ4v) is 2.57. The summed E-state index contributed by atoms with van der Waals surface area (Å²) in [6, 6.07) is 8.67. The number of nitrogens with one attached hydrogen (secondary N) is 1. The zero-order valence-corrected chi connectivity index (χ0v) is 12.1. The molecule has 1 aromatic carbocycles. The van der Waals surface area contributed by atoms with E-state index in [1.807, 2.05) is 24.3 Å². The number of piperidine rings is 1. The summed E-state index contributed by atoms with van der Waals surface area (Å²) >= 11 is 0. The molecule has 4 heteroatoms. The van der Waals surface area contributed by atoms with Gasteiger partial charge >= 0.3 is 5.97 Å². The molecule has 0 aliphatic carbocycles. The molecule has 4 nitrogen and oxygen atoms in total. The maximum Gasteiger partial charge on any atom is 0.330 e. The molecule has 0 saturated carbocycles. The van der Waals surface area contributed by atoms with E-state index in [-0.39, 0.29) is 5.97 Å². The Hall–Kier alpha value is -1.81. The highest BCUT2D eigenvalue weighted by Gasteiger charge is 2.19. The number of carbonyl (C=O) groups is 1. The molecule has 1 N–H and O–H groups in total. The summed E-state index contributed by atoms with van der Waals surface area (Å²) in [4.78, 5) is 13.6. The third-order valence-electron chi connectivity index (χ3n) is 3.77. The van der Waals surface area contributed by atoms with Gasteiger partial charge in [0.25, 0.3) is 0 Å². The van der Waals surface area contributed by atoms with Crippen molar-refractivity contribution in [1.29, 1.82) is 0 Å². The van der Waals surface area contributed by atoms with E-state index in [1.54, 1.807) is 0 Å². The van der Waals surface area contributed by atoms with Crippen LogP contribution in [0.5, 0.6) is 0 Å². The van der Waals surface area contributed by atoms with Crippen LogP contribution in [0.15, 0.2) is 30.3 Å². The van der Waals surface area contributed by atoms with E-state index in [2.05, 4.69) is 28.1 Å². The zero-order chi connectivity index (χ0) is 14.4. The van der Waals surface area contributed by atoms with Crippen LogP contribution in [0, 0.1) is 0 Å². The first-order valence-electron chi connectivity index (χ1n) is 7.01. The second kappa shape index (κ2) is 7.10. The van der Waals surface area contributed by atoms with Gasteiger partial charge in [-0.15, -0.1) is 0 Å². The summed E-state index contributed by atoms with van der Waals surface area (Å²) in [5.74, 6) is -0.329. The van der Waals surface area contributed by atoms with Crippen molar-refractivity contribution in [3.63, 3.8) is 0 Å². The highest BCUT2D eigenvalue weighted by molar-refractivity contribution is 5.88. The minimum Gasteiger partial charge on any atom is -0.466 e. The third-order valence-corrected chi connectivity index (χ3v) is 3.77. The summed E-state index contributed by atoms with van der Waals surface area (Å²) in [6.45, 7) is 2.13. The fourth-order valence-electron chi connectivity index (χ4n) is 2.57. The van der Waals surface area contributed by atoms with Gasteiger partial charge in [0.05, 0.1) is 7.11 Å². The van der Waals surface area contributed by atoms with Gasteiger partial charge in [-0.05, 0) is 43.6 Å². The van der Waals surface area contributed by atoms with Crippen molar-refractivity contribution in [2.75, 3.05) is 32.1 Å². The summed E-state index contributed by atoms with van der Waals surface area (Å²) in [7, 11) is 3.51. The van der Waals surface area contributed by atoms with Crippen LogP contribution in [0.4, 0.5) is 5.69 Å². The normalized spacial score (nSPS) is 16.3. The number of ether oxygens (including phenoxy) is 1. The Morgan fingerprint density at radius 1 is 1.35 bits per heavy atom. The van der Waals surface area contributed by atoms with Crippen LogP contribution in [0.3, 0.4) is 0 Å². The molecule has 0 bridgehead atoms. The number of rotatable bonds is 4. The third kappa shape index (κ3) is 3.61. The van der Waals surface area contributed by atoms with Crippen LogP contribution in [0.25, 0.3) is 6.08 Å². The van der Waals surface area contributed by atoms with Crippen molar-refractivity contribution in [2.24, 2.45) is 0 Å². The molecule has 108 valence electrons. The highest BCUT2D eigenvalue weighted by atomic mass is 16.5. The summed E-state index contributed by atoms with van der Waals surface area (Å²) in [6.07, 6.45) is 5.57. The number of nitrogens with zero attached hydrogens (tertiary/aromatic N) is 1. The molecule has 0 unspecified atom stereocenters. The van der Waals surface area contributed by atoms with Crippen LogP contribution in [-0.4, -0.2) is 39.3 Å². The molecule has 1 aliphatic rings. The summed E-state index contributed by atoms with van der Waals surface area (Å²) in [5.41, 5.74) is 2.19. The summed E-state index contributed by atoms with van der Waals surface area (Å²) in [5, 5.41) is 3.38. The van der Waals surface area contributed by atoms with E-state index in [1.165, 1.54) is 13.2 Å². The Morgan fingerprint density at radius 2 is 2.05 bits per heavy atom. The predicted octanol–water partition coefficient (Wildman–Crippen LogP) is 2.06. The topological polar surface area (TPSA) is 41.6 Å². The van der Waals surface area contributed by atoms with E-state index in [0.717, 1.165) is 37.2 Å². The van der Waals surface area contributed by atoms with Crippen molar-refractivity contribution >= 4 is 17.7 Å². The fraction of sp³-hybridized carbons (Fsp3) is 0.438. The van der Waals surface area contributed by atoms with Crippen molar-refractivity contribution < 1.29 is 9.53 Å². The van der Waals surface area contributed by atoms with Gasteiger partial charge in [-0.25, -0.2) is 4.79 Å². The molecule has 0 spiro atoms. The molecular weight excluding hydrogens is 252 g/mol. The minimum absolute atomic E-state index is 0.329. The van der Waals surface area contributed by atoms with Crippen LogP contribution < -0.4 is 10.2 Å².